The number of aryl methyl sites for hydroxylation is 1. The van der Waals surface area contributed by atoms with Crippen LogP contribution in [0.2, 0.25) is 0 Å². The van der Waals surface area contributed by atoms with Gasteiger partial charge >= 0.3 is 0 Å². The normalized spacial score (nSPS) is 14.3. The largest absolute Gasteiger partial charge is 0.340 e. The van der Waals surface area contributed by atoms with Gasteiger partial charge in [-0.25, -0.2) is 4.39 Å². The quantitative estimate of drug-likeness (QED) is 0.891. The maximum atomic E-state index is 13.4. The van der Waals surface area contributed by atoms with Gasteiger partial charge < -0.3 is 9.88 Å². The third-order valence-corrected chi connectivity index (χ3v) is 4.08. The topological polar surface area (TPSA) is 34.0 Å². The Bertz CT molecular complexity index is 677. The van der Waals surface area contributed by atoms with Crippen molar-refractivity contribution in [1.82, 2.24) is 4.57 Å². The van der Waals surface area contributed by atoms with Crippen molar-refractivity contribution in [3.63, 3.8) is 0 Å². The molecule has 1 saturated carbocycles. The van der Waals surface area contributed by atoms with Gasteiger partial charge in [0, 0.05) is 17.9 Å². The van der Waals surface area contributed by atoms with Gasteiger partial charge in [0.05, 0.1) is 4.47 Å². The number of hydrogen-bond donors (Lipinski definition) is 1. The van der Waals surface area contributed by atoms with Crippen LogP contribution in [0.25, 0.3) is 0 Å². The molecule has 1 aliphatic rings. The number of hydrogen-bond acceptors (Lipinski definition) is 1. The fraction of sp³-hybridized carbons (Fsp3) is 0.267. The van der Waals surface area contributed by atoms with E-state index < -0.39 is 0 Å². The minimum absolute atomic E-state index is 0.163. The summed E-state index contributed by atoms with van der Waals surface area (Å²) < 4.78 is 15.7. The number of rotatable bonds is 3. The number of aromatic nitrogens is 1. The first kappa shape index (κ1) is 13.4. The van der Waals surface area contributed by atoms with Crippen LogP contribution in [0.15, 0.2) is 34.9 Å². The molecule has 0 atom stereocenters. The molecule has 1 aromatic heterocycles. The molecule has 0 bridgehead atoms. The summed E-state index contributed by atoms with van der Waals surface area (Å²) >= 11 is 3.14. The van der Waals surface area contributed by atoms with E-state index in [0.29, 0.717) is 27.5 Å². The molecule has 1 fully saturated rings. The Hall–Kier alpha value is -1.62. The lowest BCUT2D eigenvalue weighted by atomic mass is 10.2. The summed E-state index contributed by atoms with van der Waals surface area (Å²) in [6, 6.07) is 7.13. The summed E-state index contributed by atoms with van der Waals surface area (Å²) in [5, 5.41) is 2.85. The number of carbonyl (C=O) groups is 1. The van der Waals surface area contributed by atoms with Crippen molar-refractivity contribution < 1.29 is 9.18 Å². The zero-order valence-electron chi connectivity index (χ0n) is 11.0. The van der Waals surface area contributed by atoms with E-state index in [1.807, 2.05) is 22.9 Å². The van der Waals surface area contributed by atoms with Gasteiger partial charge in [0.25, 0.3) is 5.91 Å². The van der Waals surface area contributed by atoms with Gasteiger partial charge in [-0.15, -0.1) is 0 Å². The molecule has 104 valence electrons. The molecule has 0 spiro atoms. The fourth-order valence-corrected chi connectivity index (χ4v) is 2.57. The second-order valence-corrected chi connectivity index (χ2v) is 5.92. The molecule has 2 aromatic rings. The molecule has 0 saturated heterocycles. The molecular formula is C15H14BrFN2O. The maximum absolute atomic E-state index is 13.4. The van der Waals surface area contributed by atoms with Crippen molar-refractivity contribution in [2.75, 3.05) is 5.32 Å². The highest BCUT2D eigenvalue weighted by molar-refractivity contribution is 9.10. The molecule has 0 radical (unpaired) electrons. The smallest absolute Gasteiger partial charge is 0.272 e. The summed E-state index contributed by atoms with van der Waals surface area (Å²) in [7, 11) is 0. The third-order valence-electron chi connectivity index (χ3n) is 3.47. The highest BCUT2D eigenvalue weighted by atomic mass is 79.9. The van der Waals surface area contributed by atoms with Crippen LogP contribution in [-0.2, 0) is 0 Å². The van der Waals surface area contributed by atoms with Crippen LogP contribution in [0.5, 0.6) is 0 Å². The number of benzene rings is 1. The summed E-state index contributed by atoms with van der Waals surface area (Å²) in [4.78, 5) is 12.3. The number of nitrogens with zero attached hydrogens (tertiary/aromatic N) is 1. The molecule has 0 unspecified atom stereocenters. The molecule has 1 aliphatic carbocycles. The Morgan fingerprint density at radius 3 is 2.90 bits per heavy atom. The van der Waals surface area contributed by atoms with Gasteiger partial charge in [-0.1, -0.05) is 0 Å². The van der Waals surface area contributed by atoms with Crippen molar-refractivity contribution in [2.45, 2.75) is 25.8 Å². The monoisotopic (exact) mass is 336 g/mol. The van der Waals surface area contributed by atoms with Crippen LogP contribution in [0.3, 0.4) is 0 Å². The zero-order valence-corrected chi connectivity index (χ0v) is 12.6. The molecule has 3 nitrogen and oxygen atoms in total. The highest BCUT2D eigenvalue weighted by Crippen LogP contribution is 2.36. The van der Waals surface area contributed by atoms with Crippen LogP contribution in [0.4, 0.5) is 10.1 Å². The van der Waals surface area contributed by atoms with E-state index in [2.05, 4.69) is 21.2 Å². The van der Waals surface area contributed by atoms with Crippen molar-refractivity contribution in [1.29, 1.82) is 0 Å². The van der Waals surface area contributed by atoms with Crippen molar-refractivity contribution in [3.8, 4) is 0 Å². The summed E-state index contributed by atoms with van der Waals surface area (Å²) in [6.07, 6.45) is 4.17. The number of anilines is 1. The van der Waals surface area contributed by atoms with Gasteiger partial charge in [0.2, 0.25) is 0 Å². The number of amides is 1. The third kappa shape index (κ3) is 2.50. The highest BCUT2D eigenvalue weighted by Gasteiger charge is 2.26. The van der Waals surface area contributed by atoms with Crippen LogP contribution in [0, 0.1) is 12.7 Å². The Morgan fingerprint density at radius 1 is 1.45 bits per heavy atom. The van der Waals surface area contributed by atoms with Gasteiger partial charge in [0.1, 0.15) is 11.5 Å². The number of nitrogens with one attached hydrogen (secondary N) is 1. The van der Waals surface area contributed by atoms with Gasteiger partial charge in [-0.05, 0) is 65.5 Å². The first-order chi connectivity index (χ1) is 9.56. The Morgan fingerprint density at radius 2 is 2.20 bits per heavy atom. The van der Waals surface area contributed by atoms with E-state index in [-0.39, 0.29) is 11.7 Å². The molecular weight excluding hydrogens is 323 g/mol. The molecule has 0 aliphatic heterocycles. The van der Waals surface area contributed by atoms with E-state index in [1.165, 1.54) is 6.07 Å². The lowest BCUT2D eigenvalue weighted by Crippen LogP contribution is -2.17. The average molecular weight is 337 g/mol. The number of carbonyl (C=O) groups excluding carboxylic acids is 1. The summed E-state index contributed by atoms with van der Waals surface area (Å²) in [5.74, 6) is -0.495. The van der Waals surface area contributed by atoms with Crippen LogP contribution in [0.1, 0.15) is 34.9 Å². The van der Waals surface area contributed by atoms with Crippen molar-refractivity contribution in [3.05, 3.63) is 52.0 Å². The molecule has 5 heteroatoms. The van der Waals surface area contributed by atoms with E-state index in [1.54, 1.807) is 13.0 Å². The average Bonchev–Trinajstić information content (AvgIpc) is 3.13. The van der Waals surface area contributed by atoms with Crippen LogP contribution in [-0.4, -0.2) is 10.5 Å². The lowest BCUT2D eigenvalue weighted by Gasteiger charge is -2.11. The van der Waals surface area contributed by atoms with Crippen molar-refractivity contribution in [2.24, 2.45) is 0 Å². The summed E-state index contributed by atoms with van der Waals surface area (Å²) in [6.45, 7) is 1.77. The van der Waals surface area contributed by atoms with Gasteiger partial charge in [0.15, 0.2) is 0 Å². The van der Waals surface area contributed by atoms with E-state index >= 15 is 0 Å². The zero-order chi connectivity index (χ0) is 14.3. The van der Waals surface area contributed by atoms with E-state index in [9.17, 15) is 9.18 Å². The molecule has 1 heterocycles. The fourth-order valence-electron chi connectivity index (χ4n) is 2.22. The predicted octanol–water partition coefficient (Wildman–Crippen LogP) is 4.29. The minimum Gasteiger partial charge on any atom is -0.340 e. The predicted molar refractivity (Wildman–Crippen MR) is 79.5 cm³/mol. The molecule has 1 amide bonds. The second kappa shape index (κ2) is 5.05. The Balaban J connectivity index is 1.85. The first-order valence-corrected chi connectivity index (χ1v) is 7.29. The molecule has 1 N–H and O–H groups in total. The second-order valence-electron chi connectivity index (χ2n) is 5.07. The minimum atomic E-state index is -0.332. The van der Waals surface area contributed by atoms with Gasteiger partial charge in [-0.2, -0.15) is 0 Å². The lowest BCUT2D eigenvalue weighted by molar-refractivity contribution is 0.101. The van der Waals surface area contributed by atoms with Crippen LogP contribution < -0.4 is 5.32 Å². The first-order valence-electron chi connectivity index (χ1n) is 6.50. The SMILES string of the molecule is Cc1cc(F)c(Br)cc1NC(=O)c1cccn1C1CC1. The molecule has 1 aromatic carbocycles. The molecule has 20 heavy (non-hydrogen) atoms. The van der Waals surface area contributed by atoms with E-state index in [4.69, 9.17) is 0 Å². The standard InChI is InChI=1S/C15H14BrFN2O/c1-9-7-12(17)11(16)8-13(9)18-15(20)14-3-2-6-19(14)10-4-5-10/h2-3,6-8,10H,4-5H2,1H3,(H,18,20). The Kier molecular flexibility index (Phi) is 3.38. The van der Waals surface area contributed by atoms with Crippen LogP contribution >= 0.6 is 15.9 Å². The van der Waals surface area contributed by atoms with E-state index in [0.717, 1.165) is 12.8 Å². The number of halogens is 2. The summed E-state index contributed by atoms with van der Waals surface area (Å²) in [5.41, 5.74) is 1.96. The Labute approximate surface area is 124 Å². The van der Waals surface area contributed by atoms with Crippen molar-refractivity contribution >= 4 is 27.5 Å². The molecule has 3 rings (SSSR count). The van der Waals surface area contributed by atoms with Gasteiger partial charge in [-0.3, -0.25) is 4.79 Å². The maximum Gasteiger partial charge on any atom is 0.272 e.